The molecule has 0 bridgehead atoms. The van der Waals surface area contributed by atoms with Gasteiger partial charge in [0, 0.05) is 42.0 Å². The molecule has 19 heavy (non-hydrogen) atoms. The van der Waals surface area contributed by atoms with E-state index < -0.39 is 0 Å². The average molecular weight is 323 g/mol. The highest BCUT2D eigenvalue weighted by Crippen LogP contribution is 2.34. The molecule has 1 aromatic rings. The Labute approximate surface area is 123 Å². The Hall–Kier alpha value is -1.05. The molecule has 1 heterocycles. The fourth-order valence-electron chi connectivity index (χ4n) is 2.40. The van der Waals surface area contributed by atoms with Crippen LogP contribution in [0.25, 0.3) is 0 Å². The second kappa shape index (κ2) is 6.40. The Morgan fingerprint density at radius 2 is 2.26 bits per heavy atom. The molecule has 0 aliphatic carbocycles. The lowest BCUT2D eigenvalue weighted by molar-refractivity contribution is 0.214. The maximum absolute atomic E-state index is 8.75. The molecular weight excluding hydrogens is 304 g/mol. The fourth-order valence-corrected chi connectivity index (χ4v) is 2.95. The molecule has 4 heteroatoms. The van der Waals surface area contributed by atoms with Crippen LogP contribution in [0.15, 0.2) is 16.6 Å². The third-order valence-corrected chi connectivity index (χ3v) is 3.90. The standard InChI is InChI=1S/C15H19BrN2O/c1-11(2)18(6-3-5-17)10-13-9-14(16)8-12-4-7-19-15(12)13/h8-9,11H,3-4,6-7,10H2,1-2H3. The molecule has 0 aromatic heterocycles. The van der Waals surface area contributed by atoms with E-state index in [0.29, 0.717) is 12.5 Å². The number of nitrogens with zero attached hydrogens (tertiary/aromatic N) is 2. The van der Waals surface area contributed by atoms with Crippen molar-refractivity contribution in [1.29, 1.82) is 5.26 Å². The zero-order valence-electron chi connectivity index (χ0n) is 11.4. The summed E-state index contributed by atoms with van der Waals surface area (Å²) in [5.74, 6) is 1.05. The minimum absolute atomic E-state index is 0.421. The zero-order chi connectivity index (χ0) is 13.8. The van der Waals surface area contributed by atoms with E-state index in [-0.39, 0.29) is 0 Å². The first-order chi connectivity index (χ1) is 9.11. The predicted octanol–water partition coefficient (Wildman–Crippen LogP) is 3.51. The Kier molecular flexibility index (Phi) is 4.84. The number of hydrogen-bond donors (Lipinski definition) is 0. The van der Waals surface area contributed by atoms with Crippen molar-refractivity contribution in [2.24, 2.45) is 0 Å². The summed E-state index contributed by atoms with van der Waals surface area (Å²) in [6, 6.07) is 6.91. The number of nitriles is 1. The molecule has 0 saturated carbocycles. The van der Waals surface area contributed by atoms with Crippen LogP contribution in [-0.2, 0) is 13.0 Å². The van der Waals surface area contributed by atoms with E-state index in [1.54, 1.807) is 0 Å². The zero-order valence-corrected chi connectivity index (χ0v) is 13.0. The summed E-state index contributed by atoms with van der Waals surface area (Å²) in [6.45, 7) is 6.74. The Bertz CT molecular complexity index is 494. The van der Waals surface area contributed by atoms with Crippen LogP contribution in [0.5, 0.6) is 5.75 Å². The van der Waals surface area contributed by atoms with E-state index in [1.165, 1.54) is 11.1 Å². The van der Waals surface area contributed by atoms with E-state index in [2.05, 4.69) is 52.9 Å². The van der Waals surface area contributed by atoms with Gasteiger partial charge in [0.2, 0.25) is 0 Å². The van der Waals surface area contributed by atoms with Crippen molar-refractivity contribution in [3.05, 3.63) is 27.7 Å². The Morgan fingerprint density at radius 3 is 2.95 bits per heavy atom. The van der Waals surface area contributed by atoms with Crippen molar-refractivity contribution in [2.75, 3.05) is 13.2 Å². The molecular formula is C15H19BrN2O. The van der Waals surface area contributed by atoms with Gasteiger partial charge in [0.05, 0.1) is 12.7 Å². The fraction of sp³-hybridized carbons (Fsp3) is 0.533. The van der Waals surface area contributed by atoms with Gasteiger partial charge in [-0.05, 0) is 31.5 Å². The van der Waals surface area contributed by atoms with Crippen molar-refractivity contribution in [1.82, 2.24) is 4.90 Å². The number of rotatable bonds is 5. The van der Waals surface area contributed by atoms with E-state index in [9.17, 15) is 0 Å². The van der Waals surface area contributed by atoms with Crippen LogP contribution >= 0.6 is 15.9 Å². The highest BCUT2D eigenvalue weighted by molar-refractivity contribution is 9.10. The van der Waals surface area contributed by atoms with Crippen molar-refractivity contribution < 1.29 is 4.74 Å². The molecule has 0 unspecified atom stereocenters. The molecule has 2 rings (SSSR count). The summed E-state index contributed by atoms with van der Waals surface area (Å²) in [4.78, 5) is 2.31. The smallest absolute Gasteiger partial charge is 0.127 e. The molecule has 0 saturated heterocycles. The first-order valence-corrected chi connectivity index (χ1v) is 7.46. The van der Waals surface area contributed by atoms with Gasteiger partial charge in [-0.15, -0.1) is 0 Å². The SMILES string of the molecule is CC(C)N(CCC#N)Cc1cc(Br)cc2c1OCC2. The van der Waals surface area contributed by atoms with Crippen LogP contribution in [0.4, 0.5) is 0 Å². The van der Waals surface area contributed by atoms with Gasteiger partial charge in [-0.2, -0.15) is 5.26 Å². The monoisotopic (exact) mass is 322 g/mol. The van der Waals surface area contributed by atoms with Gasteiger partial charge in [-0.25, -0.2) is 0 Å². The molecule has 0 amide bonds. The van der Waals surface area contributed by atoms with Gasteiger partial charge < -0.3 is 4.74 Å². The average Bonchev–Trinajstić information content (AvgIpc) is 2.81. The minimum Gasteiger partial charge on any atom is -0.493 e. The van der Waals surface area contributed by atoms with Crippen molar-refractivity contribution in [3.8, 4) is 11.8 Å². The number of hydrogen-bond acceptors (Lipinski definition) is 3. The summed E-state index contributed by atoms with van der Waals surface area (Å²) in [5.41, 5.74) is 2.50. The molecule has 1 aliphatic rings. The van der Waals surface area contributed by atoms with Crippen LogP contribution in [0, 0.1) is 11.3 Å². The number of ether oxygens (including phenoxy) is 1. The largest absolute Gasteiger partial charge is 0.493 e. The van der Waals surface area contributed by atoms with Gasteiger partial charge in [0.25, 0.3) is 0 Å². The highest BCUT2D eigenvalue weighted by atomic mass is 79.9. The molecule has 102 valence electrons. The first-order valence-electron chi connectivity index (χ1n) is 6.67. The van der Waals surface area contributed by atoms with E-state index in [0.717, 1.165) is 36.3 Å². The van der Waals surface area contributed by atoms with Crippen LogP contribution < -0.4 is 4.74 Å². The van der Waals surface area contributed by atoms with Gasteiger partial charge >= 0.3 is 0 Å². The lowest BCUT2D eigenvalue weighted by atomic mass is 10.1. The number of fused-ring (bicyclic) bond motifs is 1. The van der Waals surface area contributed by atoms with Crippen molar-refractivity contribution in [2.45, 2.75) is 39.3 Å². The first kappa shape index (κ1) is 14.4. The molecule has 3 nitrogen and oxygen atoms in total. The third kappa shape index (κ3) is 3.49. The third-order valence-electron chi connectivity index (χ3n) is 3.44. The van der Waals surface area contributed by atoms with E-state index in [4.69, 9.17) is 10.00 Å². The highest BCUT2D eigenvalue weighted by Gasteiger charge is 2.20. The Morgan fingerprint density at radius 1 is 1.47 bits per heavy atom. The second-order valence-electron chi connectivity index (χ2n) is 5.12. The van der Waals surface area contributed by atoms with E-state index in [1.807, 2.05) is 0 Å². The van der Waals surface area contributed by atoms with Gasteiger partial charge in [-0.3, -0.25) is 4.90 Å². The Balaban J connectivity index is 2.19. The van der Waals surface area contributed by atoms with Crippen LogP contribution in [0.3, 0.4) is 0 Å². The second-order valence-corrected chi connectivity index (χ2v) is 6.04. The normalized spacial score (nSPS) is 13.5. The van der Waals surface area contributed by atoms with Crippen molar-refractivity contribution >= 4 is 15.9 Å². The van der Waals surface area contributed by atoms with Gasteiger partial charge in [0.15, 0.2) is 0 Å². The van der Waals surface area contributed by atoms with E-state index >= 15 is 0 Å². The molecule has 1 aromatic carbocycles. The summed E-state index contributed by atoms with van der Waals surface area (Å²) < 4.78 is 6.86. The molecule has 0 atom stereocenters. The predicted molar refractivity (Wildman–Crippen MR) is 79.1 cm³/mol. The van der Waals surface area contributed by atoms with Gasteiger partial charge in [0.1, 0.15) is 5.75 Å². The summed E-state index contributed by atoms with van der Waals surface area (Å²) in [6.07, 6.45) is 1.55. The number of halogens is 1. The molecule has 0 N–H and O–H groups in total. The molecule has 0 spiro atoms. The molecule has 1 aliphatic heterocycles. The summed E-state index contributed by atoms with van der Waals surface area (Å²) >= 11 is 3.57. The number of benzene rings is 1. The van der Waals surface area contributed by atoms with Crippen LogP contribution in [-0.4, -0.2) is 24.1 Å². The van der Waals surface area contributed by atoms with Crippen molar-refractivity contribution in [3.63, 3.8) is 0 Å². The topological polar surface area (TPSA) is 36.3 Å². The molecule has 0 fully saturated rings. The van der Waals surface area contributed by atoms with Crippen LogP contribution in [0.1, 0.15) is 31.4 Å². The minimum atomic E-state index is 0.421. The maximum atomic E-state index is 8.75. The molecule has 0 radical (unpaired) electrons. The van der Waals surface area contributed by atoms with Crippen LogP contribution in [0.2, 0.25) is 0 Å². The lowest BCUT2D eigenvalue weighted by Gasteiger charge is -2.26. The van der Waals surface area contributed by atoms with Gasteiger partial charge in [-0.1, -0.05) is 15.9 Å². The quantitative estimate of drug-likeness (QED) is 0.832. The lowest BCUT2D eigenvalue weighted by Crippen LogP contribution is -2.31. The summed E-state index contributed by atoms with van der Waals surface area (Å²) in [5, 5.41) is 8.75. The maximum Gasteiger partial charge on any atom is 0.127 e. The summed E-state index contributed by atoms with van der Waals surface area (Å²) in [7, 11) is 0.